The number of morpholine rings is 1. The second kappa shape index (κ2) is 8.63. The van der Waals surface area contributed by atoms with Crippen molar-refractivity contribution >= 4 is 16.5 Å². The molecule has 2 atom stereocenters. The van der Waals surface area contributed by atoms with Crippen LogP contribution in [0.1, 0.15) is 18.5 Å². The molecule has 1 saturated heterocycles. The van der Waals surface area contributed by atoms with Gasteiger partial charge in [-0.3, -0.25) is 0 Å². The van der Waals surface area contributed by atoms with Crippen LogP contribution in [0.2, 0.25) is 0 Å². The highest BCUT2D eigenvalue weighted by atomic mass is 16.5. The van der Waals surface area contributed by atoms with Crippen molar-refractivity contribution in [1.82, 2.24) is 5.32 Å². The molecule has 1 unspecified atom stereocenters. The van der Waals surface area contributed by atoms with Crippen LogP contribution in [0.25, 0.3) is 10.8 Å². The fourth-order valence-corrected chi connectivity index (χ4v) is 4.00. The molecule has 28 heavy (non-hydrogen) atoms. The molecular formula is C24H28N2O2. The number of ether oxygens (including phenoxy) is 2. The van der Waals surface area contributed by atoms with Crippen LogP contribution >= 0.6 is 0 Å². The van der Waals surface area contributed by atoms with Gasteiger partial charge in [-0.1, -0.05) is 48.5 Å². The van der Waals surface area contributed by atoms with E-state index >= 15 is 0 Å². The number of hydrogen-bond acceptors (Lipinski definition) is 4. The molecule has 4 heteroatoms. The van der Waals surface area contributed by atoms with Gasteiger partial charge in [-0.15, -0.1) is 0 Å². The first-order valence-electron chi connectivity index (χ1n) is 9.96. The van der Waals surface area contributed by atoms with Crippen molar-refractivity contribution in [2.75, 3.05) is 38.3 Å². The number of benzene rings is 3. The highest BCUT2D eigenvalue weighted by Crippen LogP contribution is 2.26. The standard InChI is InChI=1S/C24H28N2O2/c1-18(23-12-5-8-19-7-3-4-11-24(19)23)25-16-21-17-28-14-13-26(21)20-9-6-10-22(15-20)27-2/h3-12,15,18,21,25H,13-14,16-17H2,1-2H3/t18-,21?/m1/s1. The van der Waals surface area contributed by atoms with Crippen LogP contribution in [0.3, 0.4) is 0 Å². The number of rotatable bonds is 6. The zero-order valence-corrected chi connectivity index (χ0v) is 16.6. The number of methoxy groups -OCH3 is 1. The van der Waals surface area contributed by atoms with E-state index < -0.39 is 0 Å². The Morgan fingerprint density at radius 3 is 2.82 bits per heavy atom. The summed E-state index contributed by atoms with van der Waals surface area (Å²) in [5.41, 5.74) is 2.52. The lowest BCUT2D eigenvalue weighted by atomic mass is 9.99. The van der Waals surface area contributed by atoms with Crippen molar-refractivity contribution < 1.29 is 9.47 Å². The van der Waals surface area contributed by atoms with Crippen LogP contribution in [-0.2, 0) is 4.74 Å². The predicted molar refractivity (Wildman–Crippen MR) is 115 cm³/mol. The minimum atomic E-state index is 0.264. The third kappa shape index (κ3) is 3.98. The summed E-state index contributed by atoms with van der Waals surface area (Å²) in [4.78, 5) is 2.43. The molecule has 0 aromatic heterocycles. The van der Waals surface area contributed by atoms with Crippen LogP contribution in [0, 0.1) is 0 Å². The molecule has 0 amide bonds. The molecule has 1 N–H and O–H groups in total. The molecular weight excluding hydrogens is 348 g/mol. The van der Waals surface area contributed by atoms with Crippen molar-refractivity contribution in [1.29, 1.82) is 0 Å². The predicted octanol–water partition coefficient (Wildman–Crippen LogP) is 4.40. The van der Waals surface area contributed by atoms with Crippen molar-refractivity contribution in [2.45, 2.75) is 19.0 Å². The molecule has 3 aromatic rings. The molecule has 0 radical (unpaired) electrons. The van der Waals surface area contributed by atoms with Crippen molar-refractivity contribution in [3.8, 4) is 5.75 Å². The molecule has 0 bridgehead atoms. The maximum atomic E-state index is 5.79. The van der Waals surface area contributed by atoms with Crippen LogP contribution in [0.15, 0.2) is 66.7 Å². The fourth-order valence-electron chi connectivity index (χ4n) is 4.00. The molecule has 1 aliphatic heterocycles. The molecule has 4 rings (SSSR count). The fraction of sp³-hybridized carbons (Fsp3) is 0.333. The minimum Gasteiger partial charge on any atom is -0.497 e. The van der Waals surface area contributed by atoms with Gasteiger partial charge < -0.3 is 19.7 Å². The largest absolute Gasteiger partial charge is 0.497 e. The zero-order valence-electron chi connectivity index (χ0n) is 16.6. The number of hydrogen-bond donors (Lipinski definition) is 1. The average molecular weight is 377 g/mol. The van der Waals surface area contributed by atoms with Gasteiger partial charge in [-0.2, -0.15) is 0 Å². The van der Waals surface area contributed by atoms with Crippen molar-refractivity contribution in [3.05, 3.63) is 72.3 Å². The van der Waals surface area contributed by atoms with E-state index in [-0.39, 0.29) is 6.04 Å². The van der Waals surface area contributed by atoms with E-state index in [1.54, 1.807) is 7.11 Å². The lowest BCUT2D eigenvalue weighted by Gasteiger charge is -2.38. The summed E-state index contributed by atoms with van der Waals surface area (Å²) in [6.45, 7) is 5.48. The Hall–Kier alpha value is -2.56. The summed E-state index contributed by atoms with van der Waals surface area (Å²) in [6, 6.07) is 23.9. The number of nitrogens with zero attached hydrogens (tertiary/aromatic N) is 1. The lowest BCUT2D eigenvalue weighted by molar-refractivity contribution is 0.0930. The van der Waals surface area contributed by atoms with Gasteiger partial charge in [-0.25, -0.2) is 0 Å². The summed E-state index contributed by atoms with van der Waals surface area (Å²) in [5, 5.41) is 6.34. The molecule has 0 spiro atoms. The number of anilines is 1. The van der Waals surface area contributed by atoms with Gasteiger partial charge in [0.1, 0.15) is 5.75 Å². The average Bonchev–Trinajstić information content (AvgIpc) is 2.77. The zero-order chi connectivity index (χ0) is 19.3. The van der Waals surface area contributed by atoms with Gasteiger partial charge in [0.25, 0.3) is 0 Å². The third-order valence-corrected chi connectivity index (χ3v) is 5.56. The highest BCUT2D eigenvalue weighted by molar-refractivity contribution is 5.86. The Labute approximate surface area is 167 Å². The van der Waals surface area contributed by atoms with Crippen LogP contribution < -0.4 is 15.0 Å². The molecule has 0 aliphatic carbocycles. The quantitative estimate of drug-likeness (QED) is 0.691. The van der Waals surface area contributed by atoms with Gasteiger partial charge in [0, 0.05) is 30.9 Å². The minimum absolute atomic E-state index is 0.264. The normalized spacial score (nSPS) is 18.2. The third-order valence-electron chi connectivity index (χ3n) is 5.56. The molecule has 1 heterocycles. The first kappa shape index (κ1) is 18.8. The number of nitrogens with one attached hydrogen (secondary N) is 1. The van der Waals surface area contributed by atoms with E-state index in [1.165, 1.54) is 22.0 Å². The van der Waals surface area contributed by atoms with Crippen LogP contribution in [-0.4, -0.2) is 39.5 Å². The van der Waals surface area contributed by atoms with E-state index in [4.69, 9.17) is 9.47 Å². The van der Waals surface area contributed by atoms with Crippen molar-refractivity contribution in [3.63, 3.8) is 0 Å². The van der Waals surface area contributed by atoms with Crippen LogP contribution in [0.5, 0.6) is 5.75 Å². The van der Waals surface area contributed by atoms with Crippen LogP contribution in [0.4, 0.5) is 5.69 Å². The second-order valence-corrected chi connectivity index (χ2v) is 7.32. The molecule has 1 fully saturated rings. The van der Waals surface area contributed by atoms with Gasteiger partial charge in [0.2, 0.25) is 0 Å². The van der Waals surface area contributed by atoms with Gasteiger partial charge in [0.15, 0.2) is 0 Å². The SMILES string of the molecule is COc1cccc(N2CCOCC2CN[C@H](C)c2cccc3ccccc23)c1. The van der Waals surface area contributed by atoms with E-state index in [1.807, 2.05) is 12.1 Å². The van der Waals surface area contributed by atoms with Gasteiger partial charge in [-0.05, 0) is 35.4 Å². The van der Waals surface area contributed by atoms with E-state index in [9.17, 15) is 0 Å². The molecule has 4 nitrogen and oxygen atoms in total. The van der Waals surface area contributed by atoms with Gasteiger partial charge in [0.05, 0.1) is 26.4 Å². The summed E-state index contributed by atoms with van der Waals surface area (Å²) in [6.07, 6.45) is 0. The Balaban J connectivity index is 1.49. The topological polar surface area (TPSA) is 33.7 Å². The monoisotopic (exact) mass is 376 g/mol. The van der Waals surface area contributed by atoms with E-state index in [0.717, 1.165) is 32.1 Å². The first-order valence-corrected chi connectivity index (χ1v) is 9.96. The van der Waals surface area contributed by atoms with E-state index in [2.05, 4.69) is 71.7 Å². The smallest absolute Gasteiger partial charge is 0.120 e. The Bertz CT molecular complexity index is 922. The van der Waals surface area contributed by atoms with Gasteiger partial charge >= 0.3 is 0 Å². The maximum absolute atomic E-state index is 5.79. The summed E-state index contributed by atoms with van der Waals surface area (Å²) in [5.74, 6) is 0.889. The van der Waals surface area contributed by atoms with E-state index in [0.29, 0.717) is 6.04 Å². The first-order chi connectivity index (χ1) is 13.8. The Morgan fingerprint density at radius 1 is 1.11 bits per heavy atom. The molecule has 1 aliphatic rings. The Morgan fingerprint density at radius 2 is 1.93 bits per heavy atom. The second-order valence-electron chi connectivity index (χ2n) is 7.32. The highest BCUT2D eigenvalue weighted by Gasteiger charge is 2.24. The lowest BCUT2D eigenvalue weighted by Crippen LogP contribution is -2.50. The number of fused-ring (bicyclic) bond motifs is 1. The molecule has 0 saturated carbocycles. The maximum Gasteiger partial charge on any atom is 0.120 e. The molecule has 3 aromatic carbocycles. The summed E-state index contributed by atoms with van der Waals surface area (Å²) in [7, 11) is 1.71. The Kier molecular flexibility index (Phi) is 5.79. The van der Waals surface area contributed by atoms with Crippen molar-refractivity contribution in [2.24, 2.45) is 0 Å². The summed E-state index contributed by atoms with van der Waals surface area (Å²) >= 11 is 0. The molecule has 146 valence electrons. The summed E-state index contributed by atoms with van der Waals surface area (Å²) < 4.78 is 11.2.